The van der Waals surface area contributed by atoms with Gasteiger partial charge in [-0.2, -0.15) is 0 Å². The summed E-state index contributed by atoms with van der Waals surface area (Å²) in [7, 11) is 0. The van der Waals surface area contributed by atoms with Gasteiger partial charge in [0.2, 0.25) is 0 Å². The topological polar surface area (TPSA) is 25.8 Å². The van der Waals surface area contributed by atoms with Gasteiger partial charge in [0.05, 0.1) is 5.02 Å². The highest BCUT2D eigenvalue weighted by Gasteiger charge is 2.19. The van der Waals surface area contributed by atoms with E-state index in [-0.39, 0.29) is 5.02 Å². The number of unbranched alkanes of at least 4 members (excludes halogenated alkanes) is 1. The van der Waals surface area contributed by atoms with Gasteiger partial charge in [-0.15, -0.1) is 0 Å². The predicted octanol–water partition coefficient (Wildman–Crippen LogP) is 7.03. The summed E-state index contributed by atoms with van der Waals surface area (Å²) in [6, 6.07) is 4.58. The molecule has 1 aliphatic carbocycles. The third kappa shape index (κ3) is 5.87. The number of aromatic nitrogens is 2. The molecule has 4 heteroatoms. The highest BCUT2D eigenvalue weighted by Crippen LogP contribution is 2.32. The molecule has 0 N–H and O–H groups in total. The first kappa shape index (κ1) is 20.0. The summed E-state index contributed by atoms with van der Waals surface area (Å²) in [5.74, 6) is 1.77. The Bertz CT molecular complexity index is 749. The maximum Gasteiger partial charge on any atom is 0.159 e. The average Bonchev–Trinajstić information content (AvgIpc) is 2.70. The summed E-state index contributed by atoms with van der Waals surface area (Å²) < 4.78 is 13.3. The van der Waals surface area contributed by atoms with E-state index in [4.69, 9.17) is 11.6 Å². The fraction of sp³-hybridized carbons (Fsp3) is 0.478. The Morgan fingerprint density at radius 1 is 1.15 bits per heavy atom. The van der Waals surface area contributed by atoms with Gasteiger partial charge in [0.25, 0.3) is 0 Å². The molecule has 1 aliphatic rings. The van der Waals surface area contributed by atoms with Crippen molar-refractivity contribution in [2.45, 2.75) is 58.3 Å². The molecule has 0 bridgehead atoms. The van der Waals surface area contributed by atoms with E-state index in [9.17, 15) is 4.39 Å². The van der Waals surface area contributed by atoms with Gasteiger partial charge in [-0.05, 0) is 80.5 Å². The van der Waals surface area contributed by atoms with Gasteiger partial charge in [-0.25, -0.2) is 14.4 Å². The van der Waals surface area contributed by atoms with Crippen LogP contribution in [0.1, 0.15) is 57.4 Å². The van der Waals surface area contributed by atoms with Crippen LogP contribution in [0.3, 0.4) is 0 Å². The molecule has 144 valence electrons. The highest BCUT2D eigenvalue weighted by atomic mass is 35.5. The lowest BCUT2D eigenvalue weighted by atomic mass is 9.79. The van der Waals surface area contributed by atoms with Crippen molar-refractivity contribution in [1.29, 1.82) is 0 Å². The zero-order valence-electron chi connectivity index (χ0n) is 16.0. The number of halogens is 2. The summed E-state index contributed by atoms with van der Waals surface area (Å²) >= 11 is 5.84. The van der Waals surface area contributed by atoms with Crippen molar-refractivity contribution in [2.24, 2.45) is 11.8 Å². The molecule has 0 unspecified atom stereocenters. The minimum Gasteiger partial charge on any atom is -0.236 e. The SMILES string of the molecule is CCC/C=C/C1CCC(CCc2cnc(-c3ccc(F)c(Cl)c3)nc2)CC1. The largest absolute Gasteiger partial charge is 0.236 e. The van der Waals surface area contributed by atoms with Crippen LogP contribution in [0.2, 0.25) is 5.02 Å². The first-order valence-electron chi connectivity index (χ1n) is 10.1. The van der Waals surface area contributed by atoms with E-state index in [1.807, 2.05) is 12.4 Å². The predicted molar refractivity (Wildman–Crippen MR) is 110 cm³/mol. The van der Waals surface area contributed by atoms with E-state index >= 15 is 0 Å². The maximum atomic E-state index is 13.3. The normalized spacial score (nSPS) is 20.3. The summed E-state index contributed by atoms with van der Waals surface area (Å²) in [5.41, 5.74) is 1.90. The fourth-order valence-electron chi connectivity index (χ4n) is 3.76. The van der Waals surface area contributed by atoms with Crippen LogP contribution in [-0.2, 0) is 6.42 Å². The van der Waals surface area contributed by atoms with Crippen LogP contribution in [0.5, 0.6) is 0 Å². The first-order valence-corrected chi connectivity index (χ1v) is 10.5. The molecule has 27 heavy (non-hydrogen) atoms. The molecule has 0 amide bonds. The van der Waals surface area contributed by atoms with Crippen LogP contribution < -0.4 is 0 Å². The van der Waals surface area contributed by atoms with Crippen molar-refractivity contribution < 1.29 is 4.39 Å². The zero-order valence-corrected chi connectivity index (χ0v) is 16.8. The Hall–Kier alpha value is -1.74. The molecule has 1 fully saturated rings. The quantitative estimate of drug-likeness (QED) is 0.477. The summed E-state index contributed by atoms with van der Waals surface area (Å²) in [4.78, 5) is 8.87. The van der Waals surface area contributed by atoms with E-state index in [2.05, 4.69) is 29.0 Å². The van der Waals surface area contributed by atoms with Crippen molar-refractivity contribution in [1.82, 2.24) is 9.97 Å². The second-order valence-electron chi connectivity index (χ2n) is 7.58. The summed E-state index contributed by atoms with van der Waals surface area (Å²) in [5, 5.41) is 0.0975. The second kappa shape index (κ2) is 9.98. The Morgan fingerprint density at radius 3 is 2.56 bits per heavy atom. The van der Waals surface area contributed by atoms with Crippen LogP contribution in [0, 0.1) is 17.7 Å². The third-order valence-electron chi connectivity index (χ3n) is 5.48. The molecule has 1 aromatic carbocycles. The van der Waals surface area contributed by atoms with Gasteiger partial charge in [0, 0.05) is 18.0 Å². The van der Waals surface area contributed by atoms with Crippen LogP contribution >= 0.6 is 11.6 Å². The van der Waals surface area contributed by atoms with Gasteiger partial charge < -0.3 is 0 Å². The lowest BCUT2D eigenvalue weighted by Gasteiger charge is -2.26. The van der Waals surface area contributed by atoms with E-state index in [1.165, 1.54) is 51.0 Å². The van der Waals surface area contributed by atoms with Crippen molar-refractivity contribution in [3.63, 3.8) is 0 Å². The molecule has 0 radical (unpaired) electrons. The number of nitrogens with zero attached hydrogens (tertiary/aromatic N) is 2. The van der Waals surface area contributed by atoms with Crippen LogP contribution in [0.4, 0.5) is 4.39 Å². The number of hydrogen-bond donors (Lipinski definition) is 0. The molecule has 0 saturated heterocycles. The monoisotopic (exact) mass is 386 g/mol. The summed E-state index contributed by atoms with van der Waals surface area (Å²) in [6.07, 6.45) is 18.5. The van der Waals surface area contributed by atoms with E-state index < -0.39 is 5.82 Å². The lowest BCUT2D eigenvalue weighted by molar-refractivity contribution is 0.296. The Morgan fingerprint density at radius 2 is 1.89 bits per heavy atom. The fourth-order valence-corrected chi connectivity index (χ4v) is 3.94. The van der Waals surface area contributed by atoms with Crippen LogP contribution in [0.15, 0.2) is 42.7 Å². The molecule has 0 atom stereocenters. The Labute approximate surface area is 166 Å². The van der Waals surface area contributed by atoms with Gasteiger partial charge >= 0.3 is 0 Å². The third-order valence-corrected chi connectivity index (χ3v) is 5.77. The van der Waals surface area contributed by atoms with E-state index in [0.29, 0.717) is 5.82 Å². The maximum absolute atomic E-state index is 13.3. The molecule has 1 heterocycles. The molecule has 1 saturated carbocycles. The smallest absolute Gasteiger partial charge is 0.159 e. The van der Waals surface area contributed by atoms with Gasteiger partial charge in [-0.1, -0.05) is 37.1 Å². The van der Waals surface area contributed by atoms with Gasteiger partial charge in [0.15, 0.2) is 5.82 Å². The van der Waals surface area contributed by atoms with Crippen molar-refractivity contribution >= 4 is 11.6 Å². The minimum atomic E-state index is -0.424. The average molecular weight is 387 g/mol. The molecule has 2 nitrogen and oxygen atoms in total. The van der Waals surface area contributed by atoms with Crippen molar-refractivity contribution in [2.75, 3.05) is 0 Å². The van der Waals surface area contributed by atoms with Crippen molar-refractivity contribution in [3.05, 3.63) is 59.1 Å². The van der Waals surface area contributed by atoms with Crippen LogP contribution in [0.25, 0.3) is 11.4 Å². The number of hydrogen-bond acceptors (Lipinski definition) is 2. The van der Waals surface area contributed by atoms with E-state index in [1.54, 1.807) is 12.1 Å². The number of aryl methyl sites for hydroxylation is 1. The molecule has 0 spiro atoms. The molecule has 1 aromatic heterocycles. The zero-order chi connectivity index (χ0) is 19.1. The Balaban J connectivity index is 1.47. The van der Waals surface area contributed by atoms with Crippen molar-refractivity contribution in [3.8, 4) is 11.4 Å². The lowest BCUT2D eigenvalue weighted by Crippen LogP contribution is -2.13. The second-order valence-corrected chi connectivity index (χ2v) is 7.99. The first-order chi connectivity index (χ1) is 13.2. The standard InChI is InChI=1S/C23H28ClFN2/c1-2-3-4-5-17-6-8-18(9-7-17)10-11-19-15-26-23(27-16-19)20-12-13-22(25)21(24)14-20/h4-5,12-18H,2-3,6-11H2,1H3/b5-4+. The number of benzene rings is 1. The molecular weight excluding hydrogens is 359 g/mol. The van der Waals surface area contributed by atoms with Gasteiger partial charge in [-0.3, -0.25) is 0 Å². The Kier molecular flexibility index (Phi) is 7.40. The molecule has 2 aromatic rings. The highest BCUT2D eigenvalue weighted by molar-refractivity contribution is 6.31. The van der Waals surface area contributed by atoms with E-state index in [0.717, 1.165) is 29.4 Å². The van der Waals surface area contributed by atoms with Gasteiger partial charge in [0.1, 0.15) is 5.82 Å². The number of rotatable bonds is 7. The molecular formula is C23H28ClFN2. The van der Waals surface area contributed by atoms with Crippen LogP contribution in [-0.4, -0.2) is 9.97 Å². The minimum absolute atomic E-state index is 0.0975. The molecule has 0 aliphatic heterocycles. The number of allylic oxidation sites excluding steroid dienone is 2. The summed E-state index contributed by atoms with van der Waals surface area (Å²) in [6.45, 7) is 2.23. The molecule has 3 rings (SSSR count).